The molecule has 0 atom stereocenters. The number of carbonyl (C=O) groups excluding carboxylic acids is 1. The van der Waals surface area contributed by atoms with E-state index >= 15 is 0 Å². The van der Waals surface area contributed by atoms with Crippen LogP contribution in [0.5, 0.6) is 17.2 Å². The molecule has 3 aromatic rings. The summed E-state index contributed by atoms with van der Waals surface area (Å²) < 4.78 is 10.5. The van der Waals surface area contributed by atoms with Crippen LogP contribution in [-0.4, -0.2) is 35.9 Å². The Labute approximate surface area is 150 Å². The number of H-pyrrole nitrogens is 1. The number of phenolic OH excluding ortho intramolecular Hbond substituents is 1. The minimum Gasteiger partial charge on any atom is -0.504 e. The fourth-order valence-corrected chi connectivity index (χ4v) is 2.46. The van der Waals surface area contributed by atoms with Gasteiger partial charge in [0, 0.05) is 17.0 Å². The maximum atomic E-state index is 12.2. The summed E-state index contributed by atoms with van der Waals surface area (Å²) in [4.78, 5) is 15.3. The minimum absolute atomic E-state index is 0.0570. The van der Waals surface area contributed by atoms with Crippen LogP contribution in [0.4, 0.5) is 0 Å². The van der Waals surface area contributed by atoms with Gasteiger partial charge in [0.25, 0.3) is 5.91 Å². The molecule has 134 valence electrons. The number of aromatic nitrogens is 1. The van der Waals surface area contributed by atoms with Crippen molar-refractivity contribution >= 4 is 23.0 Å². The van der Waals surface area contributed by atoms with Crippen LogP contribution in [-0.2, 0) is 0 Å². The molecule has 0 bridgehead atoms. The van der Waals surface area contributed by atoms with E-state index in [-0.39, 0.29) is 11.7 Å². The van der Waals surface area contributed by atoms with Crippen molar-refractivity contribution in [2.24, 2.45) is 5.10 Å². The number of aromatic hydroxyl groups is 1. The second kappa shape index (κ2) is 7.60. The first-order valence-corrected chi connectivity index (χ1v) is 8.06. The van der Waals surface area contributed by atoms with Crippen LogP contribution >= 0.6 is 0 Å². The lowest BCUT2D eigenvalue weighted by Gasteiger charge is -2.05. The zero-order chi connectivity index (χ0) is 18.5. The summed E-state index contributed by atoms with van der Waals surface area (Å²) in [6, 6.07) is 12.1. The molecule has 0 aliphatic heterocycles. The summed E-state index contributed by atoms with van der Waals surface area (Å²) in [5, 5.41) is 14.5. The van der Waals surface area contributed by atoms with Crippen LogP contribution in [0.15, 0.2) is 47.6 Å². The van der Waals surface area contributed by atoms with Gasteiger partial charge in [-0.1, -0.05) is 0 Å². The highest BCUT2D eigenvalue weighted by Crippen LogP contribution is 2.26. The topological polar surface area (TPSA) is 95.9 Å². The number of rotatable bonds is 6. The Morgan fingerprint density at radius 2 is 2.12 bits per heavy atom. The third-order valence-corrected chi connectivity index (χ3v) is 3.74. The van der Waals surface area contributed by atoms with E-state index in [4.69, 9.17) is 9.47 Å². The average molecular weight is 353 g/mol. The number of phenols is 1. The van der Waals surface area contributed by atoms with E-state index in [2.05, 4.69) is 15.5 Å². The highest BCUT2D eigenvalue weighted by molar-refractivity contribution is 5.98. The molecule has 1 heterocycles. The van der Waals surface area contributed by atoms with Crippen molar-refractivity contribution in [3.05, 3.63) is 53.7 Å². The van der Waals surface area contributed by atoms with E-state index in [0.29, 0.717) is 29.4 Å². The predicted octanol–water partition coefficient (Wildman–Crippen LogP) is 3.04. The summed E-state index contributed by atoms with van der Waals surface area (Å²) in [5.74, 6) is 0.774. The zero-order valence-corrected chi connectivity index (χ0v) is 14.4. The molecule has 0 fully saturated rings. The van der Waals surface area contributed by atoms with Gasteiger partial charge in [-0.05, 0) is 48.9 Å². The lowest BCUT2D eigenvalue weighted by molar-refractivity contribution is 0.0951. The SMILES string of the molecule is CCOc1cc(C=NNC(=O)c2cc3ccc(OC)cc3[nH]2)ccc1O. The summed E-state index contributed by atoms with van der Waals surface area (Å²) in [6.45, 7) is 2.27. The molecule has 0 aliphatic rings. The molecule has 7 heteroatoms. The van der Waals surface area contributed by atoms with Crippen LogP contribution in [0, 0.1) is 0 Å². The molecule has 1 aromatic heterocycles. The molecule has 7 nitrogen and oxygen atoms in total. The Kier molecular flexibility index (Phi) is 5.07. The maximum Gasteiger partial charge on any atom is 0.287 e. The molecule has 0 spiro atoms. The van der Waals surface area contributed by atoms with Gasteiger partial charge in [-0.3, -0.25) is 4.79 Å². The van der Waals surface area contributed by atoms with Gasteiger partial charge in [0.15, 0.2) is 11.5 Å². The number of hydrogen-bond acceptors (Lipinski definition) is 5. The van der Waals surface area contributed by atoms with Crippen molar-refractivity contribution < 1.29 is 19.4 Å². The first-order valence-electron chi connectivity index (χ1n) is 8.06. The molecule has 0 aliphatic carbocycles. The molecule has 0 unspecified atom stereocenters. The predicted molar refractivity (Wildman–Crippen MR) is 99.2 cm³/mol. The van der Waals surface area contributed by atoms with Crippen molar-refractivity contribution in [2.75, 3.05) is 13.7 Å². The number of aromatic amines is 1. The van der Waals surface area contributed by atoms with Crippen molar-refractivity contribution in [3.8, 4) is 17.2 Å². The highest BCUT2D eigenvalue weighted by Gasteiger charge is 2.09. The average Bonchev–Trinajstić information content (AvgIpc) is 3.07. The van der Waals surface area contributed by atoms with Crippen molar-refractivity contribution in [3.63, 3.8) is 0 Å². The molecule has 3 N–H and O–H groups in total. The fraction of sp³-hybridized carbons (Fsp3) is 0.158. The van der Waals surface area contributed by atoms with Crippen LogP contribution in [0.2, 0.25) is 0 Å². The Balaban J connectivity index is 1.70. The highest BCUT2D eigenvalue weighted by atomic mass is 16.5. The number of amides is 1. The number of hydrazone groups is 1. The molecule has 0 saturated carbocycles. The summed E-state index contributed by atoms with van der Waals surface area (Å²) >= 11 is 0. The summed E-state index contributed by atoms with van der Waals surface area (Å²) in [6.07, 6.45) is 1.48. The number of carbonyl (C=O) groups is 1. The van der Waals surface area contributed by atoms with Crippen LogP contribution < -0.4 is 14.9 Å². The van der Waals surface area contributed by atoms with E-state index in [1.807, 2.05) is 25.1 Å². The standard InChI is InChI=1S/C19H19N3O4/c1-3-26-18-8-12(4-7-17(18)23)11-20-22-19(24)16-9-13-5-6-14(25-2)10-15(13)21-16/h4-11,21,23H,3H2,1-2H3,(H,22,24). The Hall–Kier alpha value is -3.48. The number of ether oxygens (including phenoxy) is 2. The fourth-order valence-electron chi connectivity index (χ4n) is 2.46. The van der Waals surface area contributed by atoms with Gasteiger partial charge in [0.1, 0.15) is 11.4 Å². The lowest BCUT2D eigenvalue weighted by atomic mass is 10.2. The van der Waals surface area contributed by atoms with Gasteiger partial charge < -0.3 is 19.6 Å². The minimum atomic E-state index is -0.361. The second-order valence-corrected chi connectivity index (χ2v) is 5.50. The maximum absolute atomic E-state index is 12.2. The Morgan fingerprint density at radius 1 is 1.27 bits per heavy atom. The quantitative estimate of drug-likeness (QED) is 0.469. The number of fused-ring (bicyclic) bond motifs is 1. The molecular formula is C19H19N3O4. The molecule has 0 radical (unpaired) electrons. The van der Waals surface area contributed by atoms with Crippen LogP contribution in [0.25, 0.3) is 10.9 Å². The smallest absolute Gasteiger partial charge is 0.287 e. The normalized spacial score (nSPS) is 11.0. The number of hydrogen-bond donors (Lipinski definition) is 3. The molecular weight excluding hydrogens is 334 g/mol. The second-order valence-electron chi connectivity index (χ2n) is 5.50. The monoisotopic (exact) mass is 353 g/mol. The van der Waals surface area contributed by atoms with Crippen molar-refractivity contribution in [1.82, 2.24) is 10.4 Å². The van der Waals surface area contributed by atoms with Gasteiger partial charge in [0.2, 0.25) is 0 Å². The van der Waals surface area contributed by atoms with Crippen LogP contribution in [0.3, 0.4) is 0 Å². The van der Waals surface area contributed by atoms with E-state index in [0.717, 1.165) is 10.9 Å². The summed E-state index contributed by atoms with van der Waals surface area (Å²) in [7, 11) is 1.59. The number of methoxy groups -OCH3 is 1. The van der Waals surface area contributed by atoms with E-state index in [1.165, 1.54) is 12.3 Å². The van der Waals surface area contributed by atoms with E-state index < -0.39 is 0 Å². The number of nitrogens with zero attached hydrogens (tertiary/aromatic N) is 1. The molecule has 3 rings (SSSR count). The summed E-state index contributed by atoms with van der Waals surface area (Å²) in [5.41, 5.74) is 4.35. The van der Waals surface area contributed by atoms with E-state index in [1.54, 1.807) is 25.3 Å². The number of benzene rings is 2. The Morgan fingerprint density at radius 3 is 2.88 bits per heavy atom. The third kappa shape index (κ3) is 3.77. The number of nitrogens with one attached hydrogen (secondary N) is 2. The Bertz CT molecular complexity index is 963. The molecule has 26 heavy (non-hydrogen) atoms. The van der Waals surface area contributed by atoms with Crippen molar-refractivity contribution in [2.45, 2.75) is 6.92 Å². The first-order chi connectivity index (χ1) is 12.6. The van der Waals surface area contributed by atoms with Gasteiger partial charge in [-0.25, -0.2) is 5.43 Å². The van der Waals surface area contributed by atoms with E-state index in [9.17, 15) is 9.90 Å². The van der Waals surface area contributed by atoms with Gasteiger partial charge in [-0.15, -0.1) is 0 Å². The third-order valence-electron chi connectivity index (χ3n) is 3.74. The molecule has 2 aromatic carbocycles. The largest absolute Gasteiger partial charge is 0.504 e. The molecule has 0 saturated heterocycles. The molecule has 1 amide bonds. The van der Waals surface area contributed by atoms with Gasteiger partial charge >= 0.3 is 0 Å². The lowest BCUT2D eigenvalue weighted by Crippen LogP contribution is -2.17. The van der Waals surface area contributed by atoms with Crippen LogP contribution in [0.1, 0.15) is 23.0 Å². The van der Waals surface area contributed by atoms with Gasteiger partial charge in [-0.2, -0.15) is 5.10 Å². The first kappa shape index (κ1) is 17.3. The zero-order valence-electron chi connectivity index (χ0n) is 14.4. The van der Waals surface area contributed by atoms with Gasteiger partial charge in [0.05, 0.1) is 19.9 Å². The van der Waals surface area contributed by atoms with Crippen molar-refractivity contribution in [1.29, 1.82) is 0 Å².